The van der Waals surface area contributed by atoms with Gasteiger partial charge >= 0.3 is 0 Å². The van der Waals surface area contributed by atoms with Crippen molar-refractivity contribution in [1.82, 2.24) is 4.57 Å². The number of carbonyl (C=O) groups excluding carboxylic acids is 1. The van der Waals surface area contributed by atoms with E-state index in [4.69, 9.17) is 0 Å². The number of aryl methyl sites for hydroxylation is 1. The lowest BCUT2D eigenvalue weighted by atomic mass is 10.1. The SMILES string of the molecule is Cn1cc(CC(=O)Nc2ccc3sccc3c2)c2ccccc21. The van der Waals surface area contributed by atoms with Crippen LogP contribution in [0.3, 0.4) is 0 Å². The van der Waals surface area contributed by atoms with Gasteiger partial charge in [0, 0.05) is 34.5 Å². The molecule has 0 fully saturated rings. The molecule has 0 saturated carbocycles. The minimum atomic E-state index is 0.0101. The predicted molar refractivity (Wildman–Crippen MR) is 97.1 cm³/mol. The van der Waals surface area contributed by atoms with Gasteiger partial charge in [0.2, 0.25) is 5.91 Å². The van der Waals surface area contributed by atoms with Crippen LogP contribution in [0.15, 0.2) is 60.1 Å². The Kier molecular flexibility index (Phi) is 3.39. The quantitative estimate of drug-likeness (QED) is 0.589. The smallest absolute Gasteiger partial charge is 0.228 e. The lowest BCUT2D eigenvalue weighted by molar-refractivity contribution is -0.115. The summed E-state index contributed by atoms with van der Waals surface area (Å²) in [6.07, 6.45) is 2.41. The summed E-state index contributed by atoms with van der Waals surface area (Å²) >= 11 is 1.71. The van der Waals surface area contributed by atoms with E-state index in [1.807, 2.05) is 43.6 Å². The van der Waals surface area contributed by atoms with Gasteiger partial charge in [-0.3, -0.25) is 4.79 Å². The zero-order valence-corrected chi connectivity index (χ0v) is 13.6. The molecule has 4 rings (SSSR count). The van der Waals surface area contributed by atoms with Crippen LogP contribution in [0, 0.1) is 0 Å². The van der Waals surface area contributed by atoms with Crippen molar-refractivity contribution >= 4 is 43.9 Å². The monoisotopic (exact) mass is 320 g/mol. The average molecular weight is 320 g/mol. The first-order valence-corrected chi connectivity index (χ1v) is 8.39. The summed E-state index contributed by atoms with van der Waals surface area (Å²) in [5.74, 6) is 0.0101. The molecule has 2 heterocycles. The molecular formula is C19H16N2OS. The third kappa shape index (κ3) is 2.62. The molecule has 3 nitrogen and oxygen atoms in total. The molecule has 4 heteroatoms. The Morgan fingerprint density at radius 1 is 1.17 bits per heavy atom. The third-order valence-electron chi connectivity index (χ3n) is 4.07. The number of anilines is 1. The number of thiophene rings is 1. The maximum atomic E-state index is 12.4. The summed E-state index contributed by atoms with van der Waals surface area (Å²) in [7, 11) is 2.01. The standard InChI is InChI=1S/C19H16N2OS/c1-21-12-14(16-4-2-3-5-17(16)21)11-19(22)20-15-6-7-18-13(10-15)8-9-23-18/h2-10,12H,11H2,1H3,(H,20,22). The number of amides is 1. The molecule has 0 spiro atoms. The van der Waals surface area contributed by atoms with Crippen LogP contribution in [0.1, 0.15) is 5.56 Å². The van der Waals surface area contributed by atoms with E-state index < -0.39 is 0 Å². The molecule has 0 aliphatic carbocycles. The maximum absolute atomic E-state index is 12.4. The number of rotatable bonds is 3. The van der Waals surface area contributed by atoms with Gasteiger partial charge in [0.05, 0.1) is 6.42 Å². The molecule has 0 aliphatic heterocycles. The second-order valence-corrected chi connectivity index (χ2v) is 6.63. The molecule has 0 radical (unpaired) electrons. The van der Waals surface area contributed by atoms with Crippen molar-refractivity contribution in [1.29, 1.82) is 0 Å². The Morgan fingerprint density at radius 2 is 2.04 bits per heavy atom. The van der Waals surface area contributed by atoms with E-state index in [1.54, 1.807) is 11.3 Å². The van der Waals surface area contributed by atoms with Crippen LogP contribution in [0.4, 0.5) is 5.69 Å². The van der Waals surface area contributed by atoms with Crippen LogP contribution in [0.2, 0.25) is 0 Å². The van der Waals surface area contributed by atoms with E-state index in [2.05, 4.69) is 33.5 Å². The van der Waals surface area contributed by atoms with E-state index in [0.717, 1.165) is 27.5 Å². The first-order valence-electron chi connectivity index (χ1n) is 7.51. The lowest BCUT2D eigenvalue weighted by Gasteiger charge is -2.05. The van der Waals surface area contributed by atoms with Gasteiger partial charge in [-0.25, -0.2) is 0 Å². The first-order chi connectivity index (χ1) is 11.2. The first kappa shape index (κ1) is 14.0. The van der Waals surface area contributed by atoms with E-state index in [9.17, 15) is 4.79 Å². The molecule has 1 N–H and O–H groups in total. The largest absolute Gasteiger partial charge is 0.350 e. The summed E-state index contributed by atoms with van der Waals surface area (Å²) in [6, 6.07) is 16.3. The summed E-state index contributed by atoms with van der Waals surface area (Å²) in [4.78, 5) is 12.4. The number of nitrogens with zero attached hydrogens (tertiary/aromatic N) is 1. The highest BCUT2D eigenvalue weighted by atomic mass is 32.1. The zero-order chi connectivity index (χ0) is 15.8. The fourth-order valence-corrected chi connectivity index (χ4v) is 3.76. The number of aromatic nitrogens is 1. The minimum Gasteiger partial charge on any atom is -0.350 e. The second-order valence-electron chi connectivity index (χ2n) is 5.68. The van der Waals surface area contributed by atoms with Gasteiger partial charge in [0.25, 0.3) is 0 Å². The number of hydrogen-bond acceptors (Lipinski definition) is 2. The van der Waals surface area contributed by atoms with Crippen LogP contribution >= 0.6 is 11.3 Å². The van der Waals surface area contributed by atoms with Gasteiger partial charge < -0.3 is 9.88 Å². The van der Waals surface area contributed by atoms with Crippen LogP contribution in [0.25, 0.3) is 21.0 Å². The van der Waals surface area contributed by atoms with Crippen LogP contribution in [-0.2, 0) is 18.3 Å². The zero-order valence-electron chi connectivity index (χ0n) is 12.7. The topological polar surface area (TPSA) is 34.0 Å². The maximum Gasteiger partial charge on any atom is 0.228 e. The Labute approximate surface area is 138 Å². The summed E-state index contributed by atoms with van der Waals surface area (Å²) in [6.45, 7) is 0. The van der Waals surface area contributed by atoms with Gasteiger partial charge in [-0.2, -0.15) is 0 Å². The number of fused-ring (bicyclic) bond motifs is 2. The Balaban J connectivity index is 1.57. The number of carbonyl (C=O) groups is 1. The lowest BCUT2D eigenvalue weighted by Crippen LogP contribution is -2.14. The Bertz CT molecular complexity index is 1010. The number of hydrogen-bond donors (Lipinski definition) is 1. The molecule has 4 aromatic rings. The number of para-hydroxylation sites is 1. The fourth-order valence-electron chi connectivity index (χ4n) is 2.99. The van der Waals surface area contributed by atoms with E-state index in [0.29, 0.717) is 6.42 Å². The predicted octanol–water partition coefficient (Wildman–Crippen LogP) is 4.57. The summed E-state index contributed by atoms with van der Waals surface area (Å²) in [5, 5.41) is 7.37. The molecule has 23 heavy (non-hydrogen) atoms. The molecule has 114 valence electrons. The highest BCUT2D eigenvalue weighted by Crippen LogP contribution is 2.25. The third-order valence-corrected chi connectivity index (χ3v) is 4.96. The second kappa shape index (κ2) is 5.56. The minimum absolute atomic E-state index is 0.0101. The van der Waals surface area contributed by atoms with Crippen molar-refractivity contribution in [3.8, 4) is 0 Å². The number of benzene rings is 2. The highest BCUT2D eigenvalue weighted by molar-refractivity contribution is 7.17. The van der Waals surface area contributed by atoms with Gasteiger partial charge in [0.1, 0.15) is 0 Å². The van der Waals surface area contributed by atoms with E-state index in [-0.39, 0.29) is 5.91 Å². The van der Waals surface area contributed by atoms with Crippen molar-refractivity contribution in [2.45, 2.75) is 6.42 Å². The molecule has 0 atom stereocenters. The molecule has 0 aliphatic rings. The average Bonchev–Trinajstić information content (AvgIpc) is 3.12. The Hall–Kier alpha value is -2.59. The van der Waals surface area contributed by atoms with Crippen molar-refractivity contribution < 1.29 is 4.79 Å². The fraction of sp³-hybridized carbons (Fsp3) is 0.105. The molecule has 0 saturated heterocycles. The van der Waals surface area contributed by atoms with Crippen molar-refractivity contribution in [3.63, 3.8) is 0 Å². The molecule has 1 amide bonds. The molecule has 0 unspecified atom stereocenters. The van der Waals surface area contributed by atoms with E-state index >= 15 is 0 Å². The van der Waals surface area contributed by atoms with Gasteiger partial charge in [-0.1, -0.05) is 18.2 Å². The van der Waals surface area contributed by atoms with Crippen LogP contribution in [-0.4, -0.2) is 10.5 Å². The molecule has 0 bridgehead atoms. The van der Waals surface area contributed by atoms with Crippen molar-refractivity contribution in [2.75, 3.05) is 5.32 Å². The van der Waals surface area contributed by atoms with Gasteiger partial charge in [0.15, 0.2) is 0 Å². The molecule has 2 aromatic heterocycles. The van der Waals surface area contributed by atoms with Gasteiger partial charge in [-0.05, 0) is 46.7 Å². The van der Waals surface area contributed by atoms with Crippen molar-refractivity contribution in [3.05, 3.63) is 65.7 Å². The summed E-state index contributed by atoms with van der Waals surface area (Å²) < 4.78 is 3.30. The highest BCUT2D eigenvalue weighted by Gasteiger charge is 2.11. The van der Waals surface area contributed by atoms with Gasteiger partial charge in [-0.15, -0.1) is 11.3 Å². The van der Waals surface area contributed by atoms with E-state index in [1.165, 1.54) is 4.70 Å². The van der Waals surface area contributed by atoms with Crippen LogP contribution in [0.5, 0.6) is 0 Å². The number of nitrogens with one attached hydrogen (secondary N) is 1. The normalized spacial score (nSPS) is 11.2. The van der Waals surface area contributed by atoms with Crippen molar-refractivity contribution in [2.24, 2.45) is 7.05 Å². The molecule has 2 aromatic carbocycles. The molecular weight excluding hydrogens is 304 g/mol. The Morgan fingerprint density at radius 3 is 2.96 bits per heavy atom. The summed E-state index contributed by atoms with van der Waals surface area (Å²) in [5.41, 5.74) is 3.05. The van der Waals surface area contributed by atoms with Crippen LogP contribution < -0.4 is 5.32 Å².